The summed E-state index contributed by atoms with van der Waals surface area (Å²) in [6.45, 7) is 0. The molecule has 0 unspecified atom stereocenters. The molecule has 0 aliphatic rings. The average Bonchev–Trinajstić information content (AvgIpc) is 2.05. The predicted octanol–water partition coefficient (Wildman–Crippen LogP) is 0.0692. The van der Waals surface area contributed by atoms with E-state index in [0.29, 0.717) is 0 Å². The fourth-order valence-electron chi connectivity index (χ4n) is 0.553. The van der Waals surface area contributed by atoms with Crippen LogP contribution in [-0.4, -0.2) is 23.7 Å². The predicted molar refractivity (Wildman–Crippen MR) is 36.5 cm³/mol. The van der Waals surface area contributed by atoms with Crippen LogP contribution in [0.15, 0.2) is 18.5 Å². The van der Waals surface area contributed by atoms with Crippen molar-refractivity contribution in [3.8, 4) is 0 Å². The standard InChI is InChI=1S/C6H7N3O/c1-9(5-10)6-2-3-7-8-4-6/h2-5H,1H3. The maximum absolute atomic E-state index is 10.2. The third kappa shape index (κ3) is 1.28. The maximum atomic E-state index is 10.2. The monoisotopic (exact) mass is 137 g/mol. The lowest BCUT2D eigenvalue weighted by molar-refractivity contribution is -0.107. The third-order valence-electron chi connectivity index (χ3n) is 1.13. The number of rotatable bonds is 2. The zero-order valence-corrected chi connectivity index (χ0v) is 5.56. The number of hydrogen-bond acceptors (Lipinski definition) is 3. The van der Waals surface area contributed by atoms with Gasteiger partial charge in [0.15, 0.2) is 0 Å². The van der Waals surface area contributed by atoms with Gasteiger partial charge in [0.2, 0.25) is 6.41 Å². The van der Waals surface area contributed by atoms with Crippen LogP contribution in [0.4, 0.5) is 5.69 Å². The Labute approximate surface area is 58.5 Å². The highest BCUT2D eigenvalue weighted by atomic mass is 16.1. The first-order valence-electron chi connectivity index (χ1n) is 2.79. The average molecular weight is 137 g/mol. The molecule has 0 N–H and O–H groups in total. The Morgan fingerprint density at radius 3 is 2.90 bits per heavy atom. The van der Waals surface area contributed by atoms with Crippen LogP contribution < -0.4 is 4.90 Å². The van der Waals surface area contributed by atoms with E-state index in [9.17, 15) is 4.79 Å². The van der Waals surface area contributed by atoms with E-state index in [-0.39, 0.29) is 0 Å². The van der Waals surface area contributed by atoms with Gasteiger partial charge in [-0.05, 0) is 6.07 Å². The fraction of sp³-hybridized carbons (Fsp3) is 0.167. The van der Waals surface area contributed by atoms with Crippen molar-refractivity contribution in [1.29, 1.82) is 0 Å². The zero-order valence-electron chi connectivity index (χ0n) is 5.56. The summed E-state index contributed by atoms with van der Waals surface area (Å²) in [5, 5.41) is 7.17. The molecule has 0 aliphatic heterocycles. The highest BCUT2D eigenvalue weighted by Crippen LogP contribution is 2.04. The normalized spacial score (nSPS) is 8.90. The van der Waals surface area contributed by atoms with E-state index in [1.165, 1.54) is 17.3 Å². The van der Waals surface area contributed by atoms with Crippen molar-refractivity contribution >= 4 is 12.1 Å². The number of aromatic nitrogens is 2. The Balaban J connectivity index is 2.84. The summed E-state index contributed by atoms with van der Waals surface area (Å²) in [4.78, 5) is 11.6. The van der Waals surface area contributed by atoms with Gasteiger partial charge >= 0.3 is 0 Å². The van der Waals surface area contributed by atoms with Gasteiger partial charge in [0.25, 0.3) is 0 Å². The molecule has 1 amide bonds. The van der Waals surface area contributed by atoms with E-state index in [2.05, 4.69) is 10.2 Å². The molecule has 52 valence electrons. The Kier molecular flexibility index (Phi) is 1.94. The van der Waals surface area contributed by atoms with Gasteiger partial charge in [-0.2, -0.15) is 10.2 Å². The van der Waals surface area contributed by atoms with E-state index in [4.69, 9.17) is 0 Å². The largest absolute Gasteiger partial charge is 0.316 e. The van der Waals surface area contributed by atoms with Crippen LogP contribution in [0.25, 0.3) is 0 Å². The zero-order chi connectivity index (χ0) is 7.40. The van der Waals surface area contributed by atoms with Crippen molar-refractivity contribution < 1.29 is 4.79 Å². The minimum absolute atomic E-state index is 0.719. The molecule has 4 heteroatoms. The van der Waals surface area contributed by atoms with E-state index in [1.807, 2.05) is 0 Å². The first kappa shape index (κ1) is 6.67. The molecule has 0 radical (unpaired) electrons. The van der Waals surface area contributed by atoms with E-state index in [1.54, 1.807) is 13.1 Å². The van der Waals surface area contributed by atoms with Gasteiger partial charge in [0.05, 0.1) is 18.1 Å². The van der Waals surface area contributed by atoms with Gasteiger partial charge < -0.3 is 4.90 Å². The summed E-state index contributed by atoms with van der Waals surface area (Å²) in [5.41, 5.74) is 0.741. The first-order chi connectivity index (χ1) is 4.84. The van der Waals surface area contributed by atoms with Crippen LogP contribution in [0.3, 0.4) is 0 Å². The molecule has 1 heterocycles. The lowest BCUT2D eigenvalue weighted by atomic mass is 10.4. The molecule has 1 rings (SSSR count). The molecule has 10 heavy (non-hydrogen) atoms. The van der Waals surface area contributed by atoms with E-state index >= 15 is 0 Å². The quantitative estimate of drug-likeness (QED) is 0.542. The van der Waals surface area contributed by atoms with Crippen molar-refractivity contribution in [3.63, 3.8) is 0 Å². The van der Waals surface area contributed by atoms with Crippen LogP contribution >= 0.6 is 0 Å². The van der Waals surface area contributed by atoms with Crippen LogP contribution in [0.1, 0.15) is 0 Å². The number of anilines is 1. The highest BCUT2D eigenvalue weighted by molar-refractivity contribution is 5.73. The van der Waals surface area contributed by atoms with Crippen molar-refractivity contribution in [2.24, 2.45) is 0 Å². The number of amides is 1. The fourth-order valence-corrected chi connectivity index (χ4v) is 0.553. The van der Waals surface area contributed by atoms with Crippen LogP contribution in [0, 0.1) is 0 Å². The number of nitrogens with zero attached hydrogens (tertiary/aromatic N) is 3. The number of hydrogen-bond donors (Lipinski definition) is 0. The van der Waals surface area contributed by atoms with Gasteiger partial charge in [-0.1, -0.05) is 0 Å². The molecule has 4 nitrogen and oxygen atoms in total. The van der Waals surface area contributed by atoms with Crippen molar-refractivity contribution in [2.45, 2.75) is 0 Å². The topological polar surface area (TPSA) is 46.1 Å². The summed E-state index contributed by atoms with van der Waals surface area (Å²) in [6, 6.07) is 1.71. The maximum Gasteiger partial charge on any atom is 0.213 e. The van der Waals surface area contributed by atoms with Crippen LogP contribution in [0.5, 0.6) is 0 Å². The summed E-state index contributed by atoms with van der Waals surface area (Å²) in [5.74, 6) is 0. The Morgan fingerprint density at radius 1 is 1.60 bits per heavy atom. The highest BCUT2D eigenvalue weighted by Gasteiger charge is 1.94. The second kappa shape index (κ2) is 2.91. The van der Waals surface area contributed by atoms with Crippen LogP contribution in [0.2, 0.25) is 0 Å². The van der Waals surface area contributed by atoms with Gasteiger partial charge in [0, 0.05) is 7.05 Å². The lowest BCUT2D eigenvalue weighted by Gasteiger charge is -2.07. The summed E-state index contributed by atoms with van der Waals surface area (Å²) >= 11 is 0. The Morgan fingerprint density at radius 2 is 2.40 bits per heavy atom. The molecular formula is C6H7N3O. The first-order valence-corrected chi connectivity index (χ1v) is 2.79. The molecule has 0 aromatic carbocycles. The summed E-state index contributed by atoms with van der Waals surface area (Å²) in [7, 11) is 1.66. The lowest BCUT2D eigenvalue weighted by Crippen LogP contribution is -2.13. The molecular weight excluding hydrogens is 130 g/mol. The molecule has 1 aromatic rings. The van der Waals surface area contributed by atoms with Gasteiger partial charge in [-0.15, -0.1) is 0 Å². The second-order valence-corrected chi connectivity index (χ2v) is 1.82. The minimum Gasteiger partial charge on any atom is -0.316 e. The van der Waals surface area contributed by atoms with E-state index in [0.717, 1.165) is 12.1 Å². The van der Waals surface area contributed by atoms with Crippen LogP contribution in [-0.2, 0) is 4.79 Å². The summed E-state index contributed by atoms with van der Waals surface area (Å²) < 4.78 is 0. The molecule has 0 saturated carbocycles. The third-order valence-corrected chi connectivity index (χ3v) is 1.13. The molecule has 0 atom stereocenters. The smallest absolute Gasteiger partial charge is 0.213 e. The van der Waals surface area contributed by atoms with Gasteiger partial charge in [0.1, 0.15) is 0 Å². The second-order valence-electron chi connectivity index (χ2n) is 1.82. The molecule has 0 bridgehead atoms. The molecule has 1 aromatic heterocycles. The Hall–Kier alpha value is -1.45. The summed E-state index contributed by atoms with van der Waals surface area (Å²) in [6.07, 6.45) is 3.78. The minimum atomic E-state index is 0.719. The molecule has 0 aliphatic carbocycles. The molecule has 0 spiro atoms. The number of carbonyl (C=O) groups is 1. The Bertz CT molecular complexity index is 211. The van der Waals surface area contributed by atoms with Crippen molar-refractivity contribution in [2.75, 3.05) is 11.9 Å². The van der Waals surface area contributed by atoms with Crippen molar-refractivity contribution in [1.82, 2.24) is 10.2 Å². The van der Waals surface area contributed by atoms with Gasteiger partial charge in [-0.3, -0.25) is 4.79 Å². The van der Waals surface area contributed by atoms with Gasteiger partial charge in [-0.25, -0.2) is 0 Å². The SMILES string of the molecule is CN(C=O)c1ccnnc1. The molecule has 0 fully saturated rings. The molecule has 0 saturated heterocycles. The van der Waals surface area contributed by atoms with Crippen molar-refractivity contribution in [3.05, 3.63) is 18.5 Å². The number of carbonyl (C=O) groups excluding carboxylic acids is 1. The van der Waals surface area contributed by atoms with E-state index < -0.39 is 0 Å².